The first-order valence-electron chi connectivity index (χ1n) is 9.14. The molecule has 8 nitrogen and oxygen atoms in total. The van der Waals surface area contributed by atoms with Crippen LogP contribution in [-0.4, -0.2) is 48.4 Å². The summed E-state index contributed by atoms with van der Waals surface area (Å²) in [5.41, 5.74) is 0.970. The quantitative estimate of drug-likeness (QED) is 0.637. The van der Waals surface area contributed by atoms with Crippen LogP contribution in [0.5, 0.6) is 0 Å². The Morgan fingerprint density at radius 3 is 2.70 bits per heavy atom. The molecule has 1 aliphatic rings. The first-order valence-corrected chi connectivity index (χ1v) is 11.0. The van der Waals surface area contributed by atoms with E-state index in [1.165, 1.54) is 33.1 Å². The molecule has 11 heteroatoms. The van der Waals surface area contributed by atoms with Crippen molar-refractivity contribution in [2.24, 2.45) is 0 Å². The van der Waals surface area contributed by atoms with Gasteiger partial charge in [-0.2, -0.15) is 4.31 Å². The van der Waals surface area contributed by atoms with Crippen molar-refractivity contribution in [1.29, 1.82) is 0 Å². The van der Waals surface area contributed by atoms with Gasteiger partial charge in [-0.1, -0.05) is 11.6 Å². The van der Waals surface area contributed by atoms with E-state index >= 15 is 0 Å². The molecule has 0 unspecified atom stereocenters. The van der Waals surface area contributed by atoms with Crippen LogP contribution in [-0.2, 0) is 21.3 Å². The first-order chi connectivity index (χ1) is 14.3. The Bertz CT molecular complexity index is 1260. The van der Waals surface area contributed by atoms with E-state index in [1.807, 2.05) is 0 Å². The number of anilines is 1. The predicted molar refractivity (Wildman–Crippen MR) is 110 cm³/mol. The summed E-state index contributed by atoms with van der Waals surface area (Å²) in [7, 11) is -3.98. The van der Waals surface area contributed by atoms with Crippen LogP contribution in [0.25, 0.3) is 5.65 Å². The highest BCUT2D eigenvalue weighted by Gasteiger charge is 2.29. The van der Waals surface area contributed by atoms with Crippen LogP contribution in [0.2, 0.25) is 5.02 Å². The van der Waals surface area contributed by atoms with Crippen molar-refractivity contribution in [3.63, 3.8) is 0 Å². The molecular formula is C19H18ClFN4O4S. The normalized spacial score (nSPS) is 15.4. The van der Waals surface area contributed by atoms with Crippen LogP contribution >= 0.6 is 11.6 Å². The minimum atomic E-state index is -3.98. The maximum Gasteiger partial charge on any atom is 0.258 e. The molecule has 3 heterocycles. The number of hydrogen-bond donors (Lipinski definition) is 1. The number of ether oxygens (including phenoxy) is 1. The zero-order valence-corrected chi connectivity index (χ0v) is 17.3. The highest BCUT2D eigenvalue weighted by molar-refractivity contribution is 7.89. The van der Waals surface area contributed by atoms with Crippen LogP contribution in [0.1, 0.15) is 5.69 Å². The molecule has 0 atom stereocenters. The monoisotopic (exact) mass is 452 g/mol. The standard InChI is InChI=1S/C19H18ClFN4O4S/c20-13-1-4-18-23-15(10-19(26)25(18)12-13)11-22-14-2-3-16(21)17(9-14)30(27,28)24-5-7-29-8-6-24/h1-4,9-10,12,22H,5-8,11H2. The Morgan fingerprint density at radius 2 is 1.93 bits per heavy atom. The fourth-order valence-corrected chi connectivity index (χ4v) is 4.81. The van der Waals surface area contributed by atoms with Gasteiger partial charge in [-0.25, -0.2) is 17.8 Å². The number of nitrogens with one attached hydrogen (secondary N) is 1. The number of sulfonamides is 1. The van der Waals surface area contributed by atoms with Crippen molar-refractivity contribution in [2.75, 3.05) is 31.6 Å². The van der Waals surface area contributed by atoms with Gasteiger partial charge in [0.2, 0.25) is 10.0 Å². The molecule has 4 rings (SSSR count). The van der Waals surface area contributed by atoms with Gasteiger partial charge in [0.25, 0.3) is 5.56 Å². The van der Waals surface area contributed by atoms with Gasteiger partial charge < -0.3 is 10.1 Å². The zero-order valence-electron chi connectivity index (χ0n) is 15.7. The van der Waals surface area contributed by atoms with E-state index in [4.69, 9.17) is 16.3 Å². The van der Waals surface area contributed by atoms with E-state index in [9.17, 15) is 17.6 Å². The number of benzene rings is 1. The van der Waals surface area contributed by atoms with E-state index in [1.54, 1.807) is 12.1 Å². The lowest BCUT2D eigenvalue weighted by Gasteiger charge is -2.26. The Labute approximate surface area is 176 Å². The molecule has 0 aliphatic carbocycles. The Kier molecular flexibility index (Phi) is 5.74. The van der Waals surface area contributed by atoms with Gasteiger partial charge in [-0.3, -0.25) is 9.20 Å². The summed E-state index contributed by atoms with van der Waals surface area (Å²) in [5.74, 6) is -0.828. The minimum Gasteiger partial charge on any atom is -0.379 e. The lowest BCUT2D eigenvalue weighted by Crippen LogP contribution is -2.40. The number of pyridine rings is 1. The first kappa shape index (κ1) is 20.7. The van der Waals surface area contributed by atoms with Crippen LogP contribution in [0.15, 0.2) is 52.3 Å². The van der Waals surface area contributed by atoms with E-state index in [0.29, 0.717) is 22.1 Å². The molecule has 1 aromatic carbocycles. The average Bonchev–Trinajstić information content (AvgIpc) is 2.74. The van der Waals surface area contributed by atoms with E-state index in [0.717, 1.165) is 6.07 Å². The van der Waals surface area contributed by atoms with E-state index in [2.05, 4.69) is 10.3 Å². The summed E-state index contributed by atoms with van der Waals surface area (Å²) in [6, 6.07) is 8.38. The maximum atomic E-state index is 14.3. The van der Waals surface area contributed by atoms with Crippen LogP contribution < -0.4 is 10.9 Å². The molecule has 0 radical (unpaired) electrons. The predicted octanol–water partition coefficient (Wildman–Crippen LogP) is 2.12. The van der Waals surface area contributed by atoms with Crippen LogP contribution in [0, 0.1) is 5.82 Å². The fraction of sp³-hybridized carbons (Fsp3) is 0.263. The van der Waals surface area contributed by atoms with Gasteiger partial charge in [0.05, 0.1) is 30.5 Å². The summed E-state index contributed by atoms with van der Waals surface area (Å²) in [6.45, 7) is 1.04. The van der Waals surface area contributed by atoms with Crippen molar-refractivity contribution in [2.45, 2.75) is 11.4 Å². The highest BCUT2D eigenvalue weighted by Crippen LogP contribution is 2.24. The van der Waals surface area contributed by atoms with Crippen molar-refractivity contribution in [3.8, 4) is 0 Å². The lowest BCUT2D eigenvalue weighted by atomic mass is 10.3. The SMILES string of the molecule is O=c1cc(CNc2ccc(F)c(S(=O)(=O)N3CCOCC3)c2)nc2ccc(Cl)cn12. The molecule has 30 heavy (non-hydrogen) atoms. The molecule has 1 aliphatic heterocycles. The minimum absolute atomic E-state index is 0.150. The fourth-order valence-electron chi connectivity index (χ4n) is 3.15. The van der Waals surface area contributed by atoms with Crippen LogP contribution in [0.3, 0.4) is 0 Å². The zero-order chi connectivity index (χ0) is 21.3. The number of fused-ring (bicyclic) bond motifs is 1. The summed E-state index contributed by atoms with van der Waals surface area (Å²) in [4.78, 5) is 16.2. The summed E-state index contributed by atoms with van der Waals surface area (Å²) < 4.78 is 47.6. The Morgan fingerprint density at radius 1 is 1.17 bits per heavy atom. The Balaban J connectivity index is 1.57. The smallest absolute Gasteiger partial charge is 0.258 e. The van der Waals surface area contributed by atoms with Crippen molar-refractivity contribution >= 4 is 33.0 Å². The molecule has 158 valence electrons. The lowest BCUT2D eigenvalue weighted by molar-refractivity contribution is 0.0729. The largest absolute Gasteiger partial charge is 0.379 e. The average molecular weight is 453 g/mol. The van der Waals surface area contributed by atoms with Gasteiger partial charge in [0.15, 0.2) is 0 Å². The Hall–Kier alpha value is -2.53. The van der Waals surface area contributed by atoms with E-state index in [-0.39, 0.29) is 38.4 Å². The number of aromatic nitrogens is 2. The molecule has 0 spiro atoms. The topological polar surface area (TPSA) is 93.0 Å². The van der Waals surface area contributed by atoms with Gasteiger partial charge in [0, 0.05) is 31.0 Å². The molecule has 1 fully saturated rings. The third-order valence-electron chi connectivity index (χ3n) is 4.67. The van der Waals surface area contributed by atoms with Crippen LogP contribution in [0.4, 0.5) is 10.1 Å². The third-order valence-corrected chi connectivity index (χ3v) is 6.81. The third kappa shape index (κ3) is 4.17. The number of halogens is 2. The van der Waals surface area contributed by atoms with Crippen molar-refractivity contribution in [1.82, 2.24) is 13.7 Å². The number of nitrogens with zero attached hydrogens (tertiary/aromatic N) is 3. The summed E-state index contributed by atoms with van der Waals surface area (Å²) in [5, 5.41) is 3.41. The molecule has 2 aromatic heterocycles. The number of morpholine rings is 1. The maximum absolute atomic E-state index is 14.3. The second-order valence-electron chi connectivity index (χ2n) is 6.68. The second-order valence-corrected chi connectivity index (χ2v) is 9.02. The molecule has 0 amide bonds. The molecule has 1 saturated heterocycles. The molecule has 0 saturated carbocycles. The highest BCUT2D eigenvalue weighted by atomic mass is 35.5. The van der Waals surface area contributed by atoms with Gasteiger partial charge in [-0.15, -0.1) is 0 Å². The van der Waals surface area contributed by atoms with Crippen molar-refractivity contribution in [3.05, 3.63) is 69.5 Å². The summed E-state index contributed by atoms with van der Waals surface area (Å²) in [6.07, 6.45) is 1.48. The number of hydrogen-bond acceptors (Lipinski definition) is 6. The second kappa shape index (κ2) is 8.31. The van der Waals surface area contributed by atoms with Gasteiger partial charge >= 0.3 is 0 Å². The summed E-state index contributed by atoms with van der Waals surface area (Å²) >= 11 is 5.90. The van der Waals surface area contributed by atoms with Gasteiger partial charge in [0.1, 0.15) is 16.4 Å². The van der Waals surface area contributed by atoms with E-state index < -0.39 is 20.7 Å². The molecule has 1 N–H and O–H groups in total. The van der Waals surface area contributed by atoms with Crippen molar-refractivity contribution < 1.29 is 17.5 Å². The van der Waals surface area contributed by atoms with Gasteiger partial charge in [-0.05, 0) is 30.3 Å². The molecule has 3 aromatic rings. The molecule has 0 bridgehead atoms. The number of rotatable bonds is 5. The molecular weight excluding hydrogens is 435 g/mol.